The molecule has 2 N–H and O–H groups in total. The first-order valence-corrected chi connectivity index (χ1v) is 3.96. The van der Waals surface area contributed by atoms with E-state index in [4.69, 9.17) is 5.11 Å². The Morgan fingerprint density at radius 2 is 1.93 bits per heavy atom. The zero-order valence-corrected chi connectivity index (χ0v) is 7.57. The van der Waals surface area contributed by atoms with Crippen molar-refractivity contribution < 1.29 is 23.8 Å². The average Bonchev–Trinajstić information content (AvgIpc) is 2.21. The molecule has 0 saturated heterocycles. The van der Waals surface area contributed by atoms with Crippen molar-refractivity contribution in [2.45, 2.75) is 0 Å². The molecule has 1 amide bonds. The van der Waals surface area contributed by atoms with Crippen molar-refractivity contribution in [3.05, 3.63) is 24.3 Å². The van der Waals surface area contributed by atoms with Gasteiger partial charge >= 0.3 is 11.9 Å². The molecular weight excluding hydrogens is 205 g/mol. The van der Waals surface area contributed by atoms with Crippen LogP contribution in [0.2, 0.25) is 0 Å². The number of halogens is 1. The summed E-state index contributed by atoms with van der Waals surface area (Å²) in [7, 11) is 0. The molecule has 0 saturated carbocycles. The van der Waals surface area contributed by atoms with Gasteiger partial charge in [-0.05, 0) is 24.3 Å². The van der Waals surface area contributed by atoms with Crippen LogP contribution in [0.1, 0.15) is 0 Å². The molecule has 1 aromatic carbocycles. The average molecular weight is 213 g/mol. The lowest BCUT2D eigenvalue weighted by Gasteiger charge is -2.03. The quantitative estimate of drug-likeness (QED) is 0.735. The van der Waals surface area contributed by atoms with Crippen LogP contribution in [0, 0.1) is 0 Å². The predicted octanol–water partition coefficient (Wildman–Crippen LogP) is 1.02. The van der Waals surface area contributed by atoms with Gasteiger partial charge < -0.3 is 15.2 Å². The number of hydrogen-bond acceptors (Lipinski definition) is 3. The van der Waals surface area contributed by atoms with Crippen molar-refractivity contribution in [2.24, 2.45) is 0 Å². The number of carboxylic acids is 1. The monoisotopic (exact) mass is 213 g/mol. The van der Waals surface area contributed by atoms with E-state index >= 15 is 0 Å². The predicted molar refractivity (Wildman–Crippen MR) is 49.3 cm³/mol. The molecule has 0 radical (unpaired) electrons. The van der Waals surface area contributed by atoms with Gasteiger partial charge in [0.1, 0.15) is 5.75 Å². The third-order valence-corrected chi connectivity index (χ3v) is 1.53. The highest BCUT2D eigenvalue weighted by atomic mass is 19.1. The number of ether oxygens (including phenoxy) is 1. The van der Waals surface area contributed by atoms with Gasteiger partial charge in [0, 0.05) is 5.69 Å². The molecule has 1 aromatic rings. The van der Waals surface area contributed by atoms with Gasteiger partial charge in [-0.1, -0.05) is 0 Å². The van der Waals surface area contributed by atoms with E-state index in [1.165, 1.54) is 24.3 Å². The molecule has 0 heterocycles. The topological polar surface area (TPSA) is 75.6 Å². The molecule has 1 rings (SSSR count). The second-order valence-electron chi connectivity index (χ2n) is 2.54. The summed E-state index contributed by atoms with van der Waals surface area (Å²) in [5.74, 6) is -2.40. The number of nitrogens with one attached hydrogen (secondary N) is 1. The summed E-state index contributed by atoms with van der Waals surface area (Å²) >= 11 is 0. The molecule has 15 heavy (non-hydrogen) atoms. The maximum absolute atomic E-state index is 11.7. The van der Waals surface area contributed by atoms with Crippen LogP contribution in [0.5, 0.6) is 5.75 Å². The van der Waals surface area contributed by atoms with Gasteiger partial charge in [0.2, 0.25) is 6.86 Å². The molecule has 0 unspecified atom stereocenters. The molecule has 0 bridgehead atoms. The fraction of sp³-hybridized carbons (Fsp3) is 0.111. The Morgan fingerprint density at radius 1 is 1.33 bits per heavy atom. The van der Waals surface area contributed by atoms with Crippen molar-refractivity contribution in [1.29, 1.82) is 0 Å². The van der Waals surface area contributed by atoms with Gasteiger partial charge in [-0.2, -0.15) is 0 Å². The number of carbonyl (C=O) groups excluding carboxylic acids is 1. The third kappa shape index (κ3) is 3.26. The van der Waals surface area contributed by atoms with E-state index in [1.54, 1.807) is 0 Å². The number of amides is 1. The first-order chi connectivity index (χ1) is 7.13. The van der Waals surface area contributed by atoms with Gasteiger partial charge in [0.25, 0.3) is 0 Å². The number of anilines is 1. The highest BCUT2D eigenvalue weighted by Gasteiger charge is 2.10. The van der Waals surface area contributed by atoms with Gasteiger partial charge in [-0.3, -0.25) is 4.79 Å². The zero-order chi connectivity index (χ0) is 11.3. The molecular formula is C9H8FNO4. The highest BCUT2D eigenvalue weighted by molar-refractivity contribution is 6.36. The number of hydrogen-bond donors (Lipinski definition) is 2. The van der Waals surface area contributed by atoms with Crippen LogP contribution in [0.3, 0.4) is 0 Å². The van der Waals surface area contributed by atoms with E-state index in [9.17, 15) is 14.0 Å². The van der Waals surface area contributed by atoms with E-state index in [-0.39, 0.29) is 0 Å². The van der Waals surface area contributed by atoms with Gasteiger partial charge in [0.05, 0.1) is 0 Å². The summed E-state index contributed by atoms with van der Waals surface area (Å²) in [5.41, 5.74) is 0.300. The van der Waals surface area contributed by atoms with E-state index in [2.05, 4.69) is 10.1 Å². The largest absolute Gasteiger partial charge is 0.474 e. The van der Waals surface area contributed by atoms with Crippen LogP contribution >= 0.6 is 0 Å². The fourth-order valence-corrected chi connectivity index (χ4v) is 0.882. The summed E-state index contributed by atoms with van der Waals surface area (Å²) in [6.07, 6.45) is 0. The lowest BCUT2D eigenvalue weighted by atomic mass is 10.3. The molecule has 0 aliphatic carbocycles. The maximum atomic E-state index is 11.7. The van der Waals surface area contributed by atoms with Crippen LogP contribution < -0.4 is 10.1 Å². The SMILES string of the molecule is O=C(O)C(=O)Nc1ccc(OCF)cc1. The molecule has 80 valence electrons. The smallest absolute Gasteiger partial charge is 0.394 e. The Labute approximate surface area is 84.5 Å². The lowest BCUT2D eigenvalue weighted by Crippen LogP contribution is -2.21. The molecule has 5 nitrogen and oxygen atoms in total. The maximum Gasteiger partial charge on any atom is 0.394 e. The Balaban J connectivity index is 2.64. The molecule has 0 aromatic heterocycles. The number of aliphatic carboxylic acids is 1. The van der Waals surface area contributed by atoms with E-state index < -0.39 is 18.7 Å². The Kier molecular flexibility index (Phi) is 3.61. The van der Waals surface area contributed by atoms with E-state index in [1.807, 2.05) is 0 Å². The van der Waals surface area contributed by atoms with Crippen molar-refractivity contribution in [3.63, 3.8) is 0 Å². The van der Waals surface area contributed by atoms with Gasteiger partial charge in [0.15, 0.2) is 0 Å². The van der Waals surface area contributed by atoms with E-state index in [0.29, 0.717) is 11.4 Å². The molecule has 0 aliphatic rings. The molecule has 6 heteroatoms. The molecule has 0 fully saturated rings. The number of alkyl halides is 1. The second kappa shape index (κ2) is 4.94. The highest BCUT2D eigenvalue weighted by Crippen LogP contribution is 2.15. The number of benzene rings is 1. The number of carbonyl (C=O) groups is 2. The number of carboxylic acid groups (broad SMARTS) is 1. The molecule has 0 spiro atoms. The van der Waals surface area contributed by atoms with Gasteiger partial charge in [-0.15, -0.1) is 0 Å². The van der Waals surface area contributed by atoms with Crippen molar-refractivity contribution in [1.82, 2.24) is 0 Å². The van der Waals surface area contributed by atoms with Crippen LogP contribution in [0.25, 0.3) is 0 Å². The molecule has 0 aliphatic heterocycles. The minimum absolute atomic E-state index is 0.297. The zero-order valence-electron chi connectivity index (χ0n) is 7.57. The minimum Gasteiger partial charge on any atom is -0.474 e. The fourth-order valence-electron chi connectivity index (χ4n) is 0.882. The summed E-state index contributed by atoms with van der Waals surface area (Å²) in [6, 6.07) is 5.64. The Morgan fingerprint density at radius 3 is 2.40 bits per heavy atom. The van der Waals surface area contributed by atoms with E-state index in [0.717, 1.165) is 0 Å². The van der Waals surface area contributed by atoms with Crippen LogP contribution in [-0.4, -0.2) is 23.8 Å². The normalized spacial score (nSPS) is 9.40. The summed E-state index contributed by atoms with van der Waals surface area (Å²) in [4.78, 5) is 20.9. The third-order valence-electron chi connectivity index (χ3n) is 1.53. The standard InChI is InChI=1S/C9H8FNO4/c10-5-15-7-3-1-6(2-4-7)11-8(12)9(13)14/h1-4H,5H2,(H,11,12)(H,13,14). The Bertz CT molecular complexity index is 363. The summed E-state index contributed by atoms with van der Waals surface area (Å²) in [6.45, 7) is -0.944. The number of rotatable bonds is 3. The van der Waals surface area contributed by atoms with Gasteiger partial charge in [-0.25, -0.2) is 9.18 Å². The first-order valence-electron chi connectivity index (χ1n) is 3.96. The van der Waals surface area contributed by atoms with Crippen molar-refractivity contribution in [2.75, 3.05) is 12.2 Å². The summed E-state index contributed by atoms with van der Waals surface area (Å²) in [5, 5.41) is 10.4. The van der Waals surface area contributed by atoms with Crippen molar-refractivity contribution in [3.8, 4) is 5.75 Å². The second-order valence-corrected chi connectivity index (χ2v) is 2.54. The van der Waals surface area contributed by atoms with Crippen LogP contribution in [-0.2, 0) is 9.59 Å². The minimum atomic E-state index is -1.57. The lowest BCUT2D eigenvalue weighted by molar-refractivity contribution is -0.147. The van der Waals surface area contributed by atoms with Crippen molar-refractivity contribution >= 4 is 17.6 Å². The Hall–Kier alpha value is -2.11. The molecule has 0 atom stereocenters. The van der Waals surface area contributed by atoms with Crippen LogP contribution in [0.15, 0.2) is 24.3 Å². The van der Waals surface area contributed by atoms with Crippen LogP contribution in [0.4, 0.5) is 10.1 Å². The summed E-state index contributed by atoms with van der Waals surface area (Å²) < 4.78 is 16.2. The first kappa shape index (κ1) is 11.0.